The van der Waals surface area contributed by atoms with Crippen LogP contribution < -0.4 is 0 Å². The number of rotatable bonds is 1. The lowest BCUT2D eigenvalue weighted by Gasteiger charge is -2.10. The summed E-state index contributed by atoms with van der Waals surface area (Å²) >= 11 is 2.38. The Morgan fingerprint density at radius 2 is 1.78 bits per heavy atom. The minimum atomic E-state index is 1.21. The van der Waals surface area contributed by atoms with Crippen molar-refractivity contribution < 1.29 is 0 Å². The summed E-state index contributed by atoms with van der Waals surface area (Å²) in [6.07, 6.45) is 1.94. The zero-order valence-electron chi connectivity index (χ0n) is 10.2. The smallest absolute Gasteiger partial charge is 0.0139 e. The average Bonchev–Trinajstić information content (AvgIpc) is 2.37. The summed E-state index contributed by atoms with van der Waals surface area (Å²) in [5, 5.41) is 5.26. The molecular formula is C17H13I. The van der Waals surface area contributed by atoms with E-state index in [2.05, 4.69) is 78.6 Å². The molecule has 0 saturated heterocycles. The van der Waals surface area contributed by atoms with Gasteiger partial charge in [0.2, 0.25) is 0 Å². The predicted octanol–water partition coefficient (Wildman–Crippen LogP) is 5.55. The quantitative estimate of drug-likeness (QED) is 0.401. The number of hydrogen-bond acceptors (Lipinski definition) is 0. The van der Waals surface area contributed by atoms with Gasteiger partial charge in [-0.2, -0.15) is 0 Å². The third-order valence-electron chi connectivity index (χ3n) is 3.37. The fourth-order valence-electron chi connectivity index (χ4n) is 2.61. The normalized spacial score (nSPS) is 11.0. The lowest BCUT2D eigenvalue weighted by atomic mass is 9.95. The van der Waals surface area contributed by atoms with Crippen molar-refractivity contribution in [3.8, 4) is 0 Å². The number of hydrogen-bond donors (Lipinski definition) is 0. The lowest BCUT2D eigenvalue weighted by molar-refractivity contribution is 1.52. The third kappa shape index (κ3) is 1.74. The molecule has 0 aliphatic heterocycles. The van der Waals surface area contributed by atoms with Gasteiger partial charge < -0.3 is 0 Å². The molecule has 0 aliphatic carbocycles. The van der Waals surface area contributed by atoms with Gasteiger partial charge in [0.15, 0.2) is 0 Å². The van der Waals surface area contributed by atoms with Crippen molar-refractivity contribution in [2.75, 3.05) is 0 Å². The maximum Gasteiger partial charge on any atom is 0.0139 e. The molecule has 0 aliphatic rings. The highest BCUT2D eigenvalue weighted by Crippen LogP contribution is 2.32. The molecule has 0 nitrogen and oxygen atoms in total. The summed E-state index contributed by atoms with van der Waals surface area (Å²) in [6.45, 7) is 6.12. The summed E-state index contributed by atoms with van der Waals surface area (Å²) in [4.78, 5) is 0. The van der Waals surface area contributed by atoms with Crippen molar-refractivity contribution in [3.63, 3.8) is 0 Å². The fourth-order valence-corrected chi connectivity index (χ4v) is 3.41. The Hall–Kier alpha value is -1.35. The molecule has 0 N–H and O–H groups in total. The average molecular weight is 344 g/mol. The number of aryl methyl sites for hydroxylation is 1. The molecule has 0 amide bonds. The van der Waals surface area contributed by atoms with Crippen LogP contribution in [0, 0.1) is 10.5 Å². The van der Waals surface area contributed by atoms with E-state index in [0.717, 1.165) is 0 Å². The van der Waals surface area contributed by atoms with Gasteiger partial charge in [-0.3, -0.25) is 0 Å². The molecule has 88 valence electrons. The maximum atomic E-state index is 3.93. The molecule has 0 saturated carbocycles. The van der Waals surface area contributed by atoms with Crippen molar-refractivity contribution in [3.05, 3.63) is 63.7 Å². The van der Waals surface area contributed by atoms with E-state index in [4.69, 9.17) is 0 Å². The molecule has 3 aromatic carbocycles. The number of benzene rings is 3. The Labute approximate surface area is 120 Å². The molecule has 0 spiro atoms. The standard InChI is InChI=1S/C17H13I/c1-3-12-5-4-6-13-7-8-14-10-15(18)9-11(2)16(14)17(12)13/h3-10H,1H2,2H3. The molecule has 3 rings (SSSR count). The van der Waals surface area contributed by atoms with Crippen molar-refractivity contribution in [2.45, 2.75) is 6.92 Å². The zero-order chi connectivity index (χ0) is 12.7. The van der Waals surface area contributed by atoms with E-state index >= 15 is 0 Å². The first-order valence-electron chi connectivity index (χ1n) is 5.95. The van der Waals surface area contributed by atoms with Gasteiger partial charge in [-0.1, -0.05) is 43.0 Å². The second-order valence-electron chi connectivity index (χ2n) is 4.54. The van der Waals surface area contributed by atoms with Crippen LogP contribution in [0.5, 0.6) is 0 Å². The minimum Gasteiger partial charge on any atom is -0.0984 e. The van der Waals surface area contributed by atoms with Crippen LogP contribution in [0.1, 0.15) is 11.1 Å². The largest absolute Gasteiger partial charge is 0.0984 e. The molecule has 3 aromatic rings. The van der Waals surface area contributed by atoms with Crippen LogP contribution in [0.15, 0.2) is 49.0 Å². The van der Waals surface area contributed by atoms with E-state index < -0.39 is 0 Å². The highest BCUT2D eigenvalue weighted by Gasteiger charge is 2.07. The van der Waals surface area contributed by atoms with Gasteiger partial charge in [0.05, 0.1) is 0 Å². The monoisotopic (exact) mass is 344 g/mol. The summed E-state index contributed by atoms with van der Waals surface area (Å²) in [6, 6.07) is 15.3. The Balaban J connectivity index is 2.63. The molecule has 0 unspecified atom stereocenters. The summed E-state index contributed by atoms with van der Waals surface area (Å²) in [7, 11) is 0. The Kier molecular flexibility index (Phi) is 2.86. The summed E-state index contributed by atoms with van der Waals surface area (Å²) in [5.41, 5.74) is 2.54. The molecule has 0 bridgehead atoms. The van der Waals surface area contributed by atoms with E-state index in [1.165, 1.54) is 36.2 Å². The molecule has 0 atom stereocenters. The van der Waals surface area contributed by atoms with Crippen LogP contribution in [-0.4, -0.2) is 0 Å². The second kappa shape index (κ2) is 4.39. The topological polar surface area (TPSA) is 0 Å². The van der Waals surface area contributed by atoms with Gasteiger partial charge in [0, 0.05) is 3.57 Å². The second-order valence-corrected chi connectivity index (χ2v) is 5.78. The van der Waals surface area contributed by atoms with Crippen LogP contribution in [0.3, 0.4) is 0 Å². The van der Waals surface area contributed by atoms with E-state index in [1.807, 2.05) is 6.08 Å². The first kappa shape index (κ1) is 11.7. The highest BCUT2D eigenvalue weighted by atomic mass is 127. The molecule has 0 aromatic heterocycles. The molecule has 0 fully saturated rings. The minimum absolute atomic E-state index is 1.21. The van der Waals surface area contributed by atoms with Crippen molar-refractivity contribution in [1.29, 1.82) is 0 Å². The molecule has 0 heterocycles. The highest BCUT2D eigenvalue weighted by molar-refractivity contribution is 14.1. The summed E-state index contributed by atoms with van der Waals surface area (Å²) < 4.78 is 1.29. The van der Waals surface area contributed by atoms with Gasteiger partial charge in [0.1, 0.15) is 0 Å². The van der Waals surface area contributed by atoms with Crippen LogP contribution in [0.4, 0.5) is 0 Å². The van der Waals surface area contributed by atoms with Crippen LogP contribution in [0.2, 0.25) is 0 Å². The fraction of sp³-hybridized carbons (Fsp3) is 0.0588. The molecule has 18 heavy (non-hydrogen) atoms. The first-order valence-corrected chi connectivity index (χ1v) is 7.02. The Morgan fingerprint density at radius 3 is 2.56 bits per heavy atom. The van der Waals surface area contributed by atoms with Crippen LogP contribution >= 0.6 is 22.6 Å². The first-order chi connectivity index (χ1) is 8.70. The predicted molar refractivity (Wildman–Crippen MR) is 89.0 cm³/mol. The van der Waals surface area contributed by atoms with Gasteiger partial charge >= 0.3 is 0 Å². The SMILES string of the molecule is C=Cc1cccc2ccc3cc(I)cc(C)c3c12. The van der Waals surface area contributed by atoms with E-state index in [0.29, 0.717) is 0 Å². The van der Waals surface area contributed by atoms with Gasteiger partial charge in [-0.25, -0.2) is 0 Å². The third-order valence-corrected chi connectivity index (χ3v) is 3.99. The molecular weight excluding hydrogens is 331 g/mol. The molecule has 0 radical (unpaired) electrons. The van der Waals surface area contributed by atoms with Gasteiger partial charge in [-0.15, -0.1) is 0 Å². The van der Waals surface area contributed by atoms with Gasteiger partial charge in [-0.05, 0) is 74.3 Å². The summed E-state index contributed by atoms with van der Waals surface area (Å²) in [5.74, 6) is 0. The van der Waals surface area contributed by atoms with E-state index in [9.17, 15) is 0 Å². The van der Waals surface area contributed by atoms with E-state index in [1.54, 1.807) is 0 Å². The number of halogens is 1. The molecule has 1 heteroatoms. The van der Waals surface area contributed by atoms with E-state index in [-0.39, 0.29) is 0 Å². The van der Waals surface area contributed by atoms with Crippen LogP contribution in [-0.2, 0) is 0 Å². The lowest BCUT2D eigenvalue weighted by Crippen LogP contribution is -1.86. The Bertz CT molecular complexity index is 769. The zero-order valence-corrected chi connectivity index (χ0v) is 12.4. The maximum absolute atomic E-state index is 3.93. The van der Waals surface area contributed by atoms with Gasteiger partial charge in [0.25, 0.3) is 0 Å². The van der Waals surface area contributed by atoms with Crippen molar-refractivity contribution >= 4 is 50.2 Å². The van der Waals surface area contributed by atoms with Crippen molar-refractivity contribution in [2.24, 2.45) is 0 Å². The number of fused-ring (bicyclic) bond motifs is 3. The van der Waals surface area contributed by atoms with Crippen molar-refractivity contribution in [1.82, 2.24) is 0 Å². The van der Waals surface area contributed by atoms with Crippen LogP contribution in [0.25, 0.3) is 27.6 Å². The Morgan fingerprint density at radius 1 is 1.00 bits per heavy atom.